The molecule has 170 valence electrons. The highest BCUT2D eigenvalue weighted by atomic mass is 32.2. The molecule has 0 aliphatic heterocycles. The predicted octanol–water partition coefficient (Wildman–Crippen LogP) is 3.75. The Hall–Kier alpha value is -2.98. The number of hydrogen-bond donors (Lipinski definition) is 2. The number of benzene rings is 2. The van der Waals surface area contributed by atoms with Gasteiger partial charge >= 0.3 is 0 Å². The molecule has 1 amide bonds. The van der Waals surface area contributed by atoms with Gasteiger partial charge in [0.05, 0.1) is 17.6 Å². The van der Waals surface area contributed by atoms with Gasteiger partial charge in [-0.05, 0) is 43.2 Å². The molecule has 0 spiro atoms. The number of carbonyl (C=O) groups excluding carboxylic acids is 1. The van der Waals surface area contributed by atoms with Crippen LogP contribution in [0.3, 0.4) is 0 Å². The number of ether oxygens (including phenoxy) is 1. The van der Waals surface area contributed by atoms with Crippen molar-refractivity contribution in [3.8, 4) is 5.75 Å². The smallest absolute Gasteiger partial charge is 0.263 e. The fourth-order valence-electron chi connectivity index (χ4n) is 2.93. The van der Waals surface area contributed by atoms with E-state index in [9.17, 15) is 13.2 Å². The fourth-order valence-corrected chi connectivity index (χ4v) is 4.91. The van der Waals surface area contributed by atoms with Crippen LogP contribution < -0.4 is 14.8 Å². The maximum absolute atomic E-state index is 12.6. The van der Waals surface area contributed by atoms with Gasteiger partial charge in [-0.3, -0.25) is 9.52 Å². The Morgan fingerprint density at radius 3 is 2.47 bits per heavy atom. The number of anilines is 1. The van der Waals surface area contributed by atoms with Crippen molar-refractivity contribution in [1.82, 2.24) is 15.5 Å². The topological polar surface area (TPSA) is 110 Å². The SMILES string of the molecule is COc1ccc(C)cc1C(=O)NCCc1ccc(S(=O)(=O)Nc2nnc(C(C)C)s2)cc1. The average molecular weight is 475 g/mol. The summed E-state index contributed by atoms with van der Waals surface area (Å²) in [7, 11) is -2.22. The van der Waals surface area contributed by atoms with Crippen molar-refractivity contribution in [2.45, 2.75) is 38.0 Å². The lowest BCUT2D eigenvalue weighted by atomic mass is 10.1. The Morgan fingerprint density at radius 1 is 1.12 bits per heavy atom. The molecule has 0 unspecified atom stereocenters. The molecule has 0 radical (unpaired) electrons. The number of nitrogens with zero attached hydrogens (tertiary/aromatic N) is 2. The summed E-state index contributed by atoms with van der Waals surface area (Å²) in [6, 6.07) is 12.0. The molecule has 10 heteroatoms. The van der Waals surface area contributed by atoms with E-state index in [-0.39, 0.29) is 21.9 Å². The number of aryl methyl sites for hydroxylation is 1. The van der Waals surface area contributed by atoms with Crippen molar-refractivity contribution >= 4 is 32.4 Å². The van der Waals surface area contributed by atoms with Gasteiger partial charge in [-0.2, -0.15) is 0 Å². The molecule has 0 atom stereocenters. The van der Waals surface area contributed by atoms with E-state index in [1.165, 1.54) is 30.6 Å². The van der Waals surface area contributed by atoms with Crippen molar-refractivity contribution in [3.05, 3.63) is 64.2 Å². The number of carbonyl (C=O) groups is 1. The van der Waals surface area contributed by atoms with E-state index in [0.29, 0.717) is 24.3 Å². The van der Waals surface area contributed by atoms with E-state index in [2.05, 4.69) is 20.2 Å². The van der Waals surface area contributed by atoms with E-state index in [0.717, 1.165) is 16.1 Å². The zero-order valence-electron chi connectivity index (χ0n) is 18.4. The summed E-state index contributed by atoms with van der Waals surface area (Å²) in [5, 5.41) is 11.8. The molecule has 0 saturated heterocycles. The van der Waals surface area contributed by atoms with Gasteiger partial charge in [0.2, 0.25) is 5.13 Å². The van der Waals surface area contributed by atoms with Crippen molar-refractivity contribution in [2.75, 3.05) is 18.4 Å². The standard InChI is InChI=1S/C22H26N4O4S2/c1-14(2)21-24-25-22(31-21)26-32(28,29)17-8-6-16(7-9-17)11-12-23-20(27)18-13-15(3)5-10-19(18)30-4/h5-10,13-14H,11-12H2,1-4H3,(H,23,27)(H,25,26). The quantitative estimate of drug-likeness (QED) is 0.489. The molecule has 0 aliphatic carbocycles. The average Bonchev–Trinajstić information content (AvgIpc) is 3.22. The predicted molar refractivity (Wildman–Crippen MR) is 125 cm³/mol. The molecule has 0 fully saturated rings. The molecule has 1 aromatic heterocycles. The first kappa shape index (κ1) is 23.7. The lowest BCUT2D eigenvalue weighted by Gasteiger charge is -2.10. The van der Waals surface area contributed by atoms with Crippen LogP contribution in [0.4, 0.5) is 5.13 Å². The van der Waals surface area contributed by atoms with Gasteiger partial charge < -0.3 is 10.1 Å². The Labute approximate surface area is 192 Å². The number of aromatic nitrogens is 2. The zero-order chi connectivity index (χ0) is 23.3. The first-order valence-electron chi connectivity index (χ1n) is 10.1. The first-order valence-corrected chi connectivity index (χ1v) is 12.4. The highest BCUT2D eigenvalue weighted by Gasteiger charge is 2.18. The molecule has 1 heterocycles. The highest BCUT2D eigenvalue weighted by molar-refractivity contribution is 7.93. The summed E-state index contributed by atoms with van der Waals surface area (Å²) in [6.07, 6.45) is 0.557. The van der Waals surface area contributed by atoms with E-state index >= 15 is 0 Å². The lowest BCUT2D eigenvalue weighted by Crippen LogP contribution is -2.26. The van der Waals surface area contributed by atoms with Crippen LogP contribution in [-0.4, -0.2) is 38.2 Å². The van der Waals surface area contributed by atoms with Gasteiger partial charge in [0, 0.05) is 12.5 Å². The third-order valence-corrected chi connectivity index (χ3v) is 7.31. The summed E-state index contributed by atoms with van der Waals surface area (Å²) in [6.45, 7) is 6.26. The van der Waals surface area contributed by atoms with Crippen molar-refractivity contribution < 1.29 is 17.9 Å². The number of amides is 1. The molecule has 0 saturated carbocycles. The normalized spacial score (nSPS) is 11.4. The Balaban J connectivity index is 1.58. The van der Waals surface area contributed by atoms with Crippen LogP contribution in [0.25, 0.3) is 0 Å². The molecular weight excluding hydrogens is 448 g/mol. The summed E-state index contributed by atoms with van der Waals surface area (Å²) in [4.78, 5) is 12.6. The summed E-state index contributed by atoms with van der Waals surface area (Å²) >= 11 is 1.22. The van der Waals surface area contributed by atoms with Gasteiger partial charge in [0.15, 0.2) is 0 Å². The maximum atomic E-state index is 12.6. The minimum atomic E-state index is -3.75. The summed E-state index contributed by atoms with van der Waals surface area (Å²) in [5.74, 6) is 0.482. The van der Waals surface area contributed by atoms with Crippen LogP contribution in [0.5, 0.6) is 5.75 Å². The Kier molecular flexibility index (Phi) is 7.47. The third-order valence-electron chi connectivity index (χ3n) is 4.69. The molecular formula is C22H26N4O4S2. The lowest BCUT2D eigenvalue weighted by molar-refractivity contribution is 0.0951. The second-order valence-electron chi connectivity index (χ2n) is 7.56. The molecule has 32 heavy (non-hydrogen) atoms. The fraction of sp³-hybridized carbons (Fsp3) is 0.318. The molecule has 2 N–H and O–H groups in total. The molecule has 3 rings (SSSR count). The van der Waals surface area contributed by atoms with Crippen LogP contribution in [0, 0.1) is 6.92 Å². The van der Waals surface area contributed by atoms with Gasteiger partial charge in [0.1, 0.15) is 10.8 Å². The third kappa shape index (κ3) is 5.83. The summed E-state index contributed by atoms with van der Waals surface area (Å²) in [5.41, 5.74) is 2.35. The minimum absolute atomic E-state index is 0.135. The van der Waals surface area contributed by atoms with Crippen LogP contribution >= 0.6 is 11.3 Å². The molecule has 0 aliphatic rings. The number of nitrogens with one attached hydrogen (secondary N) is 2. The molecule has 3 aromatic rings. The van der Waals surface area contributed by atoms with Gasteiger partial charge in [-0.1, -0.05) is 48.9 Å². The Morgan fingerprint density at radius 2 is 1.84 bits per heavy atom. The monoisotopic (exact) mass is 474 g/mol. The van der Waals surface area contributed by atoms with Gasteiger partial charge in [-0.15, -0.1) is 10.2 Å². The van der Waals surface area contributed by atoms with E-state index in [1.54, 1.807) is 24.3 Å². The summed E-state index contributed by atoms with van der Waals surface area (Å²) < 4.78 is 32.9. The minimum Gasteiger partial charge on any atom is -0.496 e. The van der Waals surface area contributed by atoms with Crippen LogP contribution in [-0.2, 0) is 16.4 Å². The number of methoxy groups -OCH3 is 1. The molecule has 0 bridgehead atoms. The number of rotatable bonds is 9. The maximum Gasteiger partial charge on any atom is 0.263 e. The molecule has 2 aromatic carbocycles. The molecule has 8 nitrogen and oxygen atoms in total. The second kappa shape index (κ2) is 10.1. The van der Waals surface area contributed by atoms with E-state index < -0.39 is 10.0 Å². The van der Waals surface area contributed by atoms with Crippen molar-refractivity contribution in [2.24, 2.45) is 0 Å². The van der Waals surface area contributed by atoms with Crippen LogP contribution in [0.15, 0.2) is 47.4 Å². The van der Waals surface area contributed by atoms with E-state index in [1.807, 2.05) is 26.8 Å². The van der Waals surface area contributed by atoms with Gasteiger partial charge in [0.25, 0.3) is 15.9 Å². The number of hydrogen-bond acceptors (Lipinski definition) is 7. The number of sulfonamides is 1. The Bertz CT molecular complexity index is 1190. The second-order valence-corrected chi connectivity index (χ2v) is 10.3. The van der Waals surface area contributed by atoms with Crippen molar-refractivity contribution in [3.63, 3.8) is 0 Å². The zero-order valence-corrected chi connectivity index (χ0v) is 20.0. The van der Waals surface area contributed by atoms with Crippen molar-refractivity contribution in [1.29, 1.82) is 0 Å². The van der Waals surface area contributed by atoms with Crippen LogP contribution in [0.2, 0.25) is 0 Å². The highest BCUT2D eigenvalue weighted by Crippen LogP contribution is 2.25. The largest absolute Gasteiger partial charge is 0.496 e. The van der Waals surface area contributed by atoms with E-state index in [4.69, 9.17) is 4.74 Å². The van der Waals surface area contributed by atoms with Gasteiger partial charge in [-0.25, -0.2) is 8.42 Å². The van der Waals surface area contributed by atoms with Crippen LogP contribution in [0.1, 0.15) is 46.3 Å². The first-order chi connectivity index (χ1) is 15.2.